The Morgan fingerprint density at radius 2 is 1.04 bits per heavy atom. The number of ketones is 2. The molecule has 9 rings (SSSR count). The van der Waals surface area contributed by atoms with Gasteiger partial charge in [0.25, 0.3) is 0 Å². The zero-order chi connectivity index (χ0) is 50.9. The average Bonchev–Trinajstić information content (AvgIpc) is 3.42. The third-order valence-corrected chi connectivity index (χ3v) is 13.3. The zero-order valence-electron chi connectivity index (χ0n) is 40.5. The van der Waals surface area contributed by atoms with E-state index in [0.717, 1.165) is 38.9 Å². The molecule has 2 heterocycles. The SMILES string of the molecule is O=C1COc2ccc(cc2)C[C@@H](C(=O)N[C@H](Cc2ccccc2)C(=O)O)CC(=O)[C@H](CCc2ccccc2)NC(=O)[C@@H](Cc2ccc(-c3ccccc3)cc2)NC(=O)[C@H](Cc2ccc(-c3ccccc3)cc2)C1. The molecule has 0 saturated heterocycles. The summed E-state index contributed by atoms with van der Waals surface area (Å²) in [5, 5.41) is 19.0. The smallest absolute Gasteiger partial charge is 0.326 e. The van der Waals surface area contributed by atoms with E-state index in [0.29, 0.717) is 23.3 Å². The van der Waals surface area contributed by atoms with Gasteiger partial charge in [0.05, 0.1) is 6.04 Å². The number of benzene rings is 7. The number of hydrogen-bond acceptors (Lipinski definition) is 7. The minimum Gasteiger partial charge on any atom is -0.486 e. The minimum atomic E-state index is -1.28. The molecule has 11 heteroatoms. The third kappa shape index (κ3) is 14.8. The number of aliphatic carboxylic acids is 1. The van der Waals surface area contributed by atoms with Gasteiger partial charge in [-0.05, 0) is 87.9 Å². The molecular weight excluding hydrogens is 915 g/mol. The van der Waals surface area contributed by atoms with Crippen LogP contribution in [0.1, 0.15) is 47.1 Å². The maximum atomic E-state index is 14.9. The fraction of sp³-hybridized carbons (Fsp3) is 0.226. The second-order valence-electron chi connectivity index (χ2n) is 18.7. The largest absolute Gasteiger partial charge is 0.486 e. The zero-order valence-corrected chi connectivity index (χ0v) is 40.5. The Kier molecular flexibility index (Phi) is 17.5. The van der Waals surface area contributed by atoms with Crippen LogP contribution >= 0.6 is 0 Å². The van der Waals surface area contributed by atoms with E-state index >= 15 is 0 Å². The highest BCUT2D eigenvalue weighted by atomic mass is 16.5. The second-order valence-corrected chi connectivity index (χ2v) is 18.7. The van der Waals surface area contributed by atoms with Gasteiger partial charge in [0.2, 0.25) is 17.7 Å². The average molecular weight is 974 g/mol. The Morgan fingerprint density at radius 3 is 1.60 bits per heavy atom. The van der Waals surface area contributed by atoms with E-state index in [2.05, 4.69) is 16.0 Å². The Labute approximate surface area is 426 Å². The van der Waals surface area contributed by atoms with E-state index in [4.69, 9.17) is 4.74 Å². The maximum Gasteiger partial charge on any atom is 0.326 e. The fourth-order valence-corrected chi connectivity index (χ4v) is 9.23. The van der Waals surface area contributed by atoms with Crippen LogP contribution in [0.2, 0.25) is 0 Å². The highest BCUT2D eigenvalue weighted by Gasteiger charge is 2.34. The van der Waals surface area contributed by atoms with E-state index < -0.39 is 59.4 Å². The monoisotopic (exact) mass is 973 g/mol. The number of carboxylic acids is 1. The van der Waals surface area contributed by atoms with Gasteiger partial charge in [-0.1, -0.05) is 182 Å². The number of aryl methyl sites for hydroxylation is 1. The lowest BCUT2D eigenvalue weighted by molar-refractivity contribution is -0.142. The van der Waals surface area contributed by atoms with Crippen molar-refractivity contribution in [2.45, 2.75) is 69.5 Å². The summed E-state index contributed by atoms with van der Waals surface area (Å²) in [7, 11) is 0. The molecule has 7 aromatic carbocycles. The lowest BCUT2D eigenvalue weighted by atomic mass is 9.89. The highest BCUT2D eigenvalue weighted by molar-refractivity contribution is 5.96. The van der Waals surface area contributed by atoms with Crippen molar-refractivity contribution in [2.75, 3.05) is 6.61 Å². The maximum absolute atomic E-state index is 14.9. The molecule has 11 nitrogen and oxygen atoms in total. The molecule has 4 N–H and O–H groups in total. The van der Waals surface area contributed by atoms with Gasteiger partial charge >= 0.3 is 5.97 Å². The Balaban J connectivity index is 1.12. The molecule has 0 saturated carbocycles. The molecule has 2 aliphatic heterocycles. The number of amides is 3. The van der Waals surface area contributed by atoms with Crippen LogP contribution in [0.3, 0.4) is 0 Å². The normalized spacial score (nSPS) is 18.2. The number of nitrogens with one attached hydrogen (secondary N) is 3. The van der Waals surface area contributed by atoms with Crippen LogP contribution in [0.5, 0.6) is 5.75 Å². The van der Waals surface area contributed by atoms with Crippen molar-refractivity contribution in [2.24, 2.45) is 11.8 Å². The molecule has 5 atom stereocenters. The van der Waals surface area contributed by atoms with E-state index in [-0.39, 0.29) is 57.3 Å². The van der Waals surface area contributed by atoms with Crippen LogP contribution in [0, 0.1) is 11.8 Å². The standard InChI is InChI=1S/C62H59N3O8/c66-53-39-51(35-44-21-28-49(29-22-44)47-17-9-3-10-18-47)59(68)64-56(37-46-23-30-50(31-24-46)48-19-11-4-12-20-48)61(70)63-55(34-27-42-13-5-1-6-14-42)58(67)40-52(36-45-25-32-54(33-26-45)73-41-53)60(69)65-57(62(71)72)38-43-15-7-2-8-16-43/h1-26,28-33,51-52,55-57H,27,34-41H2,(H,63,70)(H,64,68)(H,65,69)(H,71,72)/t51-,52-,55+,56-,57-/m1/s1. The van der Waals surface area contributed by atoms with Gasteiger partial charge in [0, 0.05) is 37.5 Å². The second kappa shape index (κ2) is 25.1. The first-order valence-electron chi connectivity index (χ1n) is 24.8. The molecule has 0 unspecified atom stereocenters. The molecule has 0 radical (unpaired) electrons. The molecular formula is C62H59N3O8. The van der Waals surface area contributed by atoms with E-state index in [1.54, 1.807) is 48.5 Å². The van der Waals surface area contributed by atoms with Crippen LogP contribution < -0.4 is 20.7 Å². The molecule has 2 aliphatic rings. The van der Waals surface area contributed by atoms with Gasteiger partial charge in [0.15, 0.2) is 11.6 Å². The van der Waals surface area contributed by atoms with Gasteiger partial charge in [-0.2, -0.15) is 0 Å². The molecule has 3 amide bonds. The van der Waals surface area contributed by atoms with Gasteiger partial charge in [-0.25, -0.2) is 4.79 Å². The molecule has 0 aliphatic carbocycles. The number of hydrogen-bond donors (Lipinski definition) is 4. The summed E-state index contributed by atoms with van der Waals surface area (Å²) >= 11 is 0. The summed E-state index contributed by atoms with van der Waals surface area (Å²) in [5.41, 5.74) is 7.87. The summed E-state index contributed by atoms with van der Waals surface area (Å²) in [6.07, 6.45) is 0.380. The molecule has 0 spiro atoms. The number of fused-ring (bicyclic) bond motifs is 16. The number of carbonyl (C=O) groups excluding carboxylic acids is 5. The Bertz CT molecular complexity index is 2950. The van der Waals surface area contributed by atoms with Gasteiger partial charge in [-0.3, -0.25) is 24.0 Å². The number of carboxylic acid groups (broad SMARTS) is 1. The summed E-state index contributed by atoms with van der Waals surface area (Å²) in [4.78, 5) is 85.3. The summed E-state index contributed by atoms with van der Waals surface area (Å²) in [6.45, 7) is -0.325. The third-order valence-electron chi connectivity index (χ3n) is 13.3. The van der Waals surface area contributed by atoms with E-state index in [1.807, 2.05) is 146 Å². The lowest BCUT2D eigenvalue weighted by Crippen LogP contribution is -2.54. The quantitative estimate of drug-likeness (QED) is 0.0838. The van der Waals surface area contributed by atoms with Crippen molar-refractivity contribution >= 4 is 35.3 Å². The van der Waals surface area contributed by atoms with Crippen LogP contribution in [0.4, 0.5) is 0 Å². The van der Waals surface area contributed by atoms with Crippen molar-refractivity contribution in [3.63, 3.8) is 0 Å². The molecule has 7 aromatic rings. The van der Waals surface area contributed by atoms with Crippen molar-refractivity contribution in [1.82, 2.24) is 16.0 Å². The van der Waals surface area contributed by atoms with Crippen molar-refractivity contribution in [3.8, 4) is 28.0 Å². The van der Waals surface area contributed by atoms with Crippen LogP contribution in [0.15, 0.2) is 194 Å². The summed E-state index contributed by atoms with van der Waals surface area (Å²) in [6, 6.07) is 57.0. The van der Waals surface area contributed by atoms with Gasteiger partial charge in [0.1, 0.15) is 24.4 Å². The van der Waals surface area contributed by atoms with Crippen LogP contribution in [-0.2, 0) is 60.9 Å². The number of Topliss-reactive ketones (excluding diaryl/α,β-unsaturated/α-hetero) is 2. The Morgan fingerprint density at radius 1 is 0.534 bits per heavy atom. The Hall–Kier alpha value is -8.44. The number of carbonyl (C=O) groups is 6. The van der Waals surface area contributed by atoms with Gasteiger partial charge in [-0.15, -0.1) is 0 Å². The van der Waals surface area contributed by atoms with Crippen LogP contribution in [0.25, 0.3) is 22.3 Å². The summed E-state index contributed by atoms with van der Waals surface area (Å²) < 4.78 is 5.95. The van der Waals surface area contributed by atoms with E-state index in [9.17, 15) is 33.9 Å². The first-order valence-corrected chi connectivity index (χ1v) is 24.8. The molecule has 2 bridgehead atoms. The predicted molar refractivity (Wildman–Crippen MR) is 281 cm³/mol. The topological polar surface area (TPSA) is 168 Å². The van der Waals surface area contributed by atoms with Crippen LogP contribution in [-0.4, -0.2) is 65.1 Å². The molecule has 0 fully saturated rings. The minimum absolute atomic E-state index is 0.0204. The first kappa shape index (κ1) is 50.9. The van der Waals surface area contributed by atoms with Crippen molar-refractivity contribution in [1.29, 1.82) is 0 Å². The molecule has 0 aromatic heterocycles. The predicted octanol–water partition coefficient (Wildman–Crippen LogP) is 9.01. The van der Waals surface area contributed by atoms with E-state index in [1.165, 1.54) is 0 Å². The lowest BCUT2D eigenvalue weighted by Gasteiger charge is -2.26. The number of ether oxygens (including phenoxy) is 1. The van der Waals surface area contributed by atoms with Gasteiger partial charge < -0.3 is 25.8 Å². The number of rotatable bonds is 14. The first-order chi connectivity index (χ1) is 35.5. The van der Waals surface area contributed by atoms with Crippen molar-refractivity contribution < 1.29 is 38.6 Å². The summed E-state index contributed by atoms with van der Waals surface area (Å²) in [5.74, 6) is -5.31. The molecule has 370 valence electrons. The fourth-order valence-electron chi connectivity index (χ4n) is 9.23. The van der Waals surface area contributed by atoms with Crippen molar-refractivity contribution in [3.05, 3.63) is 222 Å². The molecule has 73 heavy (non-hydrogen) atoms. The highest BCUT2D eigenvalue weighted by Crippen LogP contribution is 2.25.